The molecule has 36 heavy (non-hydrogen) atoms. The summed E-state index contributed by atoms with van der Waals surface area (Å²) < 4.78 is 5.04. The lowest BCUT2D eigenvalue weighted by atomic mass is 9.97. The van der Waals surface area contributed by atoms with E-state index in [0.717, 1.165) is 59.4 Å². The lowest BCUT2D eigenvalue weighted by molar-refractivity contribution is 0.0601. The second-order valence-corrected chi connectivity index (χ2v) is 10.6. The van der Waals surface area contributed by atoms with Crippen LogP contribution < -0.4 is 16.8 Å². The second kappa shape index (κ2) is 9.60. The van der Waals surface area contributed by atoms with Crippen LogP contribution in [-0.4, -0.2) is 24.0 Å². The number of carbonyl (C=O) groups is 2. The van der Waals surface area contributed by atoms with Gasteiger partial charge >= 0.3 is 5.97 Å². The third-order valence-electron chi connectivity index (χ3n) is 6.32. The van der Waals surface area contributed by atoms with E-state index < -0.39 is 11.9 Å². The summed E-state index contributed by atoms with van der Waals surface area (Å²) in [5.74, 6) is -0.839. The maximum atomic E-state index is 13.5. The Balaban J connectivity index is 1.62. The van der Waals surface area contributed by atoms with E-state index in [0.29, 0.717) is 26.3 Å². The molecule has 5 rings (SSSR count). The predicted octanol–water partition coefficient (Wildman–Crippen LogP) is 5.37. The zero-order valence-electron chi connectivity index (χ0n) is 19.5. The fraction of sp³-hybridized carbons (Fsp3) is 0.231. The maximum Gasteiger partial charge on any atom is 0.341 e. The number of thiophene rings is 2. The van der Waals surface area contributed by atoms with E-state index in [1.165, 1.54) is 18.4 Å². The van der Waals surface area contributed by atoms with Crippen molar-refractivity contribution in [2.45, 2.75) is 32.1 Å². The van der Waals surface area contributed by atoms with Crippen LogP contribution in [0, 0.1) is 11.3 Å². The van der Waals surface area contributed by atoms with Gasteiger partial charge in [-0.3, -0.25) is 4.79 Å². The molecule has 4 aromatic rings. The van der Waals surface area contributed by atoms with Gasteiger partial charge in [0.25, 0.3) is 5.91 Å². The molecule has 1 aliphatic carbocycles. The van der Waals surface area contributed by atoms with E-state index in [4.69, 9.17) is 16.2 Å². The minimum Gasteiger partial charge on any atom is -0.465 e. The van der Waals surface area contributed by atoms with E-state index in [1.807, 2.05) is 30.3 Å². The van der Waals surface area contributed by atoms with Crippen molar-refractivity contribution in [1.29, 1.82) is 5.26 Å². The first-order valence-corrected chi connectivity index (χ1v) is 13.1. The lowest BCUT2D eigenvalue weighted by Crippen LogP contribution is -2.14. The monoisotopic (exact) mass is 517 g/mol. The Morgan fingerprint density at radius 1 is 1.11 bits per heavy atom. The zero-order valence-corrected chi connectivity index (χ0v) is 21.1. The summed E-state index contributed by atoms with van der Waals surface area (Å²) in [6.07, 6.45) is 4.78. The number of anilines is 3. The molecular weight excluding hydrogens is 494 g/mol. The first kappa shape index (κ1) is 23.8. The molecule has 8 nitrogen and oxygen atoms in total. The summed E-state index contributed by atoms with van der Waals surface area (Å²) in [5.41, 5.74) is 15.7. The summed E-state index contributed by atoms with van der Waals surface area (Å²) in [6.45, 7) is 0. The Labute approximate surface area is 215 Å². The standard InChI is InChI=1S/C26H23N5O3S2/c1-34-26(33)18-14-10-6-3-7-11-16(14)35-24(18)31-23(32)21-20(28)19-17(13-8-4-2-5-9-13)15(12-27)22(29)30-25(19)36-21/h2,4-5,8-9H,3,6-7,10-11,28H2,1H3,(H2,29,30)(H,31,32). The number of carbonyl (C=O) groups excluding carboxylic acids is 2. The number of aromatic nitrogens is 1. The molecule has 1 aromatic carbocycles. The van der Waals surface area contributed by atoms with E-state index in [9.17, 15) is 14.9 Å². The molecule has 0 unspecified atom stereocenters. The first-order valence-electron chi connectivity index (χ1n) is 11.5. The van der Waals surface area contributed by atoms with E-state index in [1.54, 1.807) is 0 Å². The molecular formula is C26H23N5O3S2. The third-order valence-corrected chi connectivity index (χ3v) is 8.63. The molecule has 0 spiro atoms. The van der Waals surface area contributed by atoms with Gasteiger partial charge in [-0.25, -0.2) is 9.78 Å². The van der Waals surface area contributed by atoms with Crippen molar-refractivity contribution in [3.8, 4) is 17.2 Å². The molecule has 0 atom stereocenters. The number of rotatable bonds is 4. The van der Waals surface area contributed by atoms with Crippen LogP contribution in [0.2, 0.25) is 0 Å². The van der Waals surface area contributed by atoms with Crippen molar-refractivity contribution in [2.24, 2.45) is 0 Å². The van der Waals surface area contributed by atoms with Crippen molar-refractivity contribution in [3.63, 3.8) is 0 Å². The number of ether oxygens (including phenoxy) is 1. The molecule has 5 N–H and O–H groups in total. The normalized spacial score (nSPS) is 13.0. The Morgan fingerprint density at radius 3 is 2.58 bits per heavy atom. The predicted molar refractivity (Wildman–Crippen MR) is 143 cm³/mol. The summed E-state index contributed by atoms with van der Waals surface area (Å²) in [5, 5.41) is 13.7. The number of benzene rings is 1. The summed E-state index contributed by atoms with van der Waals surface area (Å²) in [6, 6.07) is 11.4. The highest BCUT2D eigenvalue weighted by Crippen LogP contribution is 2.43. The number of aryl methyl sites for hydroxylation is 1. The van der Waals surface area contributed by atoms with Gasteiger partial charge in [0.2, 0.25) is 0 Å². The van der Waals surface area contributed by atoms with E-state index in [-0.39, 0.29) is 21.9 Å². The van der Waals surface area contributed by atoms with Crippen molar-refractivity contribution in [2.75, 3.05) is 23.9 Å². The second-order valence-electron chi connectivity index (χ2n) is 8.46. The molecule has 1 aliphatic rings. The number of hydrogen-bond acceptors (Lipinski definition) is 9. The Hall–Kier alpha value is -3.94. The number of esters is 1. The molecule has 0 bridgehead atoms. The fourth-order valence-electron chi connectivity index (χ4n) is 4.65. The van der Waals surface area contributed by atoms with Crippen LogP contribution in [0.25, 0.3) is 21.3 Å². The summed E-state index contributed by atoms with van der Waals surface area (Å²) >= 11 is 2.52. The summed E-state index contributed by atoms with van der Waals surface area (Å²) in [7, 11) is 1.34. The molecule has 182 valence electrons. The molecule has 0 radical (unpaired) electrons. The average molecular weight is 518 g/mol. The number of hydrogen-bond donors (Lipinski definition) is 3. The van der Waals surface area contributed by atoms with Crippen LogP contribution in [0.5, 0.6) is 0 Å². The van der Waals surface area contributed by atoms with Crippen LogP contribution in [0.3, 0.4) is 0 Å². The van der Waals surface area contributed by atoms with E-state index in [2.05, 4.69) is 16.4 Å². The summed E-state index contributed by atoms with van der Waals surface area (Å²) in [4.78, 5) is 32.3. The van der Waals surface area contributed by atoms with Gasteiger partial charge in [0.15, 0.2) is 0 Å². The number of methoxy groups -OCH3 is 1. The van der Waals surface area contributed by atoms with Gasteiger partial charge in [-0.15, -0.1) is 22.7 Å². The van der Waals surface area contributed by atoms with Crippen LogP contribution >= 0.6 is 22.7 Å². The number of nitriles is 1. The topological polar surface area (TPSA) is 144 Å². The average Bonchev–Trinajstić information content (AvgIpc) is 3.29. The smallest absolute Gasteiger partial charge is 0.341 e. The highest BCUT2D eigenvalue weighted by molar-refractivity contribution is 7.21. The third kappa shape index (κ3) is 3.96. The highest BCUT2D eigenvalue weighted by atomic mass is 32.1. The van der Waals surface area contributed by atoms with Crippen LogP contribution in [0.15, 0.2) is 30.3 Å². The van der Waals surface area contributed by atoms with Crippen molar-refractivity contribution < 1.29 is 14.3 Å². The van der Waals surface area contributed by atoms with Gasteiger partial charge < -0.3 is 21.5 Å². The molecule has 3 heterocycles. The van der Waals surface area contributed by atoms with Crippen LogP contribution in [0.4, 0.5) is 16.5 Å². The first-order chi connectivity index (χ1) is 17.4. The van der Waals surface area contributed by atoms with Crippen LogP contribution in [-0.2, 0) is 17.6 Å². The number of nitrogens with zero attached hydrogens (tertiary/aromatic N) is 2. The Kier molecular flexibility index (Phi) is 6.35. The minimum absolute atomic E-state index is 0.0760. The van der Waals surface area contributed by atoms with Gasteiger partial charge in [0.1, 0.15) is 32.2 Å². The van der Waals surface area contributed by atoms with E-state index >= 15 is 0 Å². The van der Waals surface area contributed by atoms with Gasteiger partial charge in [0, 0.05) is 15.8 Å². The van der Waals surface area contributed by atoms with Gasteiger partial charge in [-0.2, -0.15) is 5.26 Å². The molecule has 3 aromatic heterocycles. The van der Waals surface area contributed by atoms with Crippen molar-refractivity contribution in [3.05, 3.63) is 56.8 Å². The molecule has 0 saturated carbocycles. The Bertz CT molecular complexity index is 1550. The highest BCUT2D eigenvalue weighted by Gasteiger charge is 2.29. The minimum atomic E-state index is -0.464. The zero-order chi connectivity index (χ0) is 25.4. The van der Waals surface area contributed by atoms with Gasteiger partial charge in [-0.1, -0.05) is 36.8 Å². The number of nitrogen functional groups attached to an aromatic ring is 2. The number of pyridine rings is 1. The maximum absolute atomic E-state index is 13.5. The molecule has 0 fully saturated rings. The molecule has 10 heteroatoms. The molecule has 0 saturated heterocycles. The number of nitrogens with two attached hydrogens (primary N) is 2. The number of fused-ring (bicyclic) bond motifs is 2. The van der Waals surface area contributed by atoms with Crippen LogP contribution in [0.1, 0.15) is 55.3 Å². The SMILES string of the molecule is COC(=O)c1c(NC(=O)c2sc3nc(N)c(C#N)c(-c4ccccc4)c3c2N)sc2c1CCCCC2. The Morgan fingerprint density at radius 2 is 1.86 bits per heavy atom. The number of amides is 1. The lowest BCUT2D eigenvalue weighted by Gasteiger charge is -2.09. The molecule has 0 aliphatic heterocycles. The van der Waals surface area contributed by atoms with Crippen molar-refractivity contribution >= 4 is 61.3 Å². The number of nitrogens with one attached hydrogen (secondary N) is 1. The largest absolute Gasteiger partial charge is 0.465 e. The van der Waals surface area contributed by atoms with Crippen molar-refractivity contribution in [1.82, 2.24) is 4.98 Å². The van der Waals surface area contributed by atoms with Gasteiger partial charge in [-0.05, 0) is 36.8 Å². The molecule has 1 amide bonds. The van der Waals surface area contributed by atoms with Gasteiger partial charge in [0.05, 0.1) is 18.4 Å². The fourth-order valence-corrected chi connectivity index (χ4v) is 6.93. The quantitative estimate of drug-likeness (QED) is 0.244.